The van der Waals surface area contributed by atoms with Gasteiger partial charge in [-0.05, 0) is 18.1 Å². The average molecular weight is 258 g/mol. The van der Waals surface area contributed by atoms with Gasteiger partial charge in [0.1, 0.15) is 10.7 Å². The van der Waals surface area contributed by atoms with Gasteiger partial charge in [0.15, 0.2) is 0 Å². The molecule has 1 atom stereocenters. The topological polar surface area (TPSA) is 81.2 Å². The molecule has 0 bridgehead atoms. The van der Waals surface area contributed by atoms with E-state index in [1.807, 2.05) is 13.8 Å². The molecular weight excluding hydrogens is 242 g/mol. The lowest BCUT2D eigenvalue weighted by molar-refractivity contribution is -0.383. The summed E-state index contributed by atoms with van der Waals surface area (Å²) in [7, 11) is 0. The van der Waals surface area contributed by atoms with Crippen LogP contribution in [0.1, 0.15) is 13.8 Å². The smallest absolute Gasteiger partial charge is 0.310 e. The van der Waals surface area contributed by atoms with Crippen LogP contribution in [-0.4, -0.2) is 17.5 Å². The van der Waals surface area contributed by atoms with Crippen molar-refractivity contribution in [3.05, 3.63) is 33.3 Å². The van der Waals surface area contributed by atoms with Gasteiger partial charge in [0.2, 0.25) is 0 Å². The van der Waals surface area contributed by atoms with E-state index in [1.165, 1.54) is 6.07 Å². The number of nitrogens with one attached hydrogen (secondary N) is 1. The van der Waals surface area contributed by atoms with Crippen molar-refractivity contribution >= 4 is 23.0 Å². The van der Waals surface area contributed by atoms with E-state index in [-0.39, 0.29) is 16.8 Å². The number of hydrogen-bond acceptors (Lipinski definition) is 4. The van der Waals surface area contributed by atoms with Crippen molar-refractivity contribution in [2.75, 3.05) is 11.9 Å². The van der Waals surface area contributed by atoms with Crippen LogP contribution in [0.2, 0.25) is 5.02 Å². The monoisotopic (exact) mass is 257 g/mol. The third-order valence-electron chi connectivity index (χ3n) is 2.55. The van der Waals surface area contributed by atoms with Crippen LogP contribution < -0.4 is 11.1 Å². The molecule has 0 radical (unpaired) electrons. The highest BCUT2D eigenvalue weighted by Crippen LogP contribution is 2.32. The van der Waals surface area contributed by atoms with Gasteiger partial charge >= 0.3 is 5.69 Å². The van der Waals surface area contributed by atoms with E-state index in [9.17, 15) is 10.1 Å². The predicted octanol–water partition coefficient (Wildman–Crippen LogP) is 2.64. The summed E-state index contributed by atoms with van der Waals surface area (Å²) in [5, 5.41) is 14.0. The molecule has 0 saturated heterocycles. The van der Waals surface area contributed by atoms with E-state index >= 15 is 0 Å². The Morgan fingerprint density at radius 3 is 2.71 bits per heavy atom. The van der Waals surface area contributed by atoms with Crippen LogP contribution in [0.15, 0.2) is 18.2 Å². The maximum atomic E-state index is 10.9. The molecule has 0 aliphatic carbocycles. The molecule has 0 spiro atoms. The molecule has 1 unspecified atom stereocenters. The number of benzene rings is 1. The molecule has 3 N–H and O–H groups in total. The number of nitrogens with two attached hydrogens (primary N) is 1. The van der Waals surface area contributed by atoms with Gasteiger partial charge in [-0.25, -0.2) is 0 Å². The number of anilines is 1. The molecule has 0 aromatic heterocycles. The number of nitro groups is 1. The molecule has 0 aliphatic rings. The Morgan fingerprint density at radius 2 is 2.18 bits per heavy atom. The van der Waals surface area contributed by atoms with Crippen LogP contribution >= 0.6 is 11.6 Å². The van der Waals surface area contributed by atoms with Gasteiger partial charge in [0, 0.05) is 12.6 Å². The van der Waals surface area contributed by atoms with Gasteiger partial charge in [-0.2, -0.15) is 0 Å². The normalized spacial score (nSPS) is 12.5. The maximum Gasteiger partial charge on any atom is 0.310 e. The summed E-state index contributed by atoms with van der Waals surface area (Å²) in [4.78, 5) is 10.4. The third kappa shape index (κ3) is 3.57. The summed E-state index contributed by atoms with van der Waals surface area (Å²) in [6, 6.07) is 4.72. The zero-order chi connectivity index (χ0) is 13.0. The molecule has 94 valence electrons. The van der Waals surface area contributed by atoms with Gasteiger partial charge in [0.05, 0.1) is 4.92 Å². The zero-order valence-corrected chi connectivity index (χ0v) is 10.6. The quantitative estimate of drug-likeness (QED) is 0.628. The van der Waals surface area contributed by atoms with E-state index in [4.69, 9.17) is 17.3 Å². The third-order valence-corrected chi connectivity index (χ3v) is 2.86. The van der Waals surface area contributed by atoms with Crippen molar-refractivity contribution in [2.45, 2.75) is 19.9 Å². The summed E-state index contributed by atoms with van der Waals surface area (Å²) < 4.78 is 0. The molecule has 1 aromatic rings. The Kier molecular flexibility index (Phi) is 4.72. The summed E-state index contributed by atoms with van der Waals surface area (Å²) in [5.74, 6) is 0.306. The summed E-state index contributed by atoms with van der Waals surface area (Å²) in [6.45, 7) is 4.47. The van der Waals surface area contributed by atoms with E-state index in [0.29, 0.717) is 18.2 Å². The van der Waals surface area contributed by atoms with E-state index < -0.39 is 4.92 Å². The molecule has 0 fully saturated rings. The second kappa shape index (κ2) is 5.84. The number of hydrogen-bond donors (Lipinski definition) is 2. The fraction of sp³-hybridized carbons (Fsp3) is 0.455. The van der Waals surface area contributed by atoms with Crippen LogP contribution in [0.4, 0.5) is 11.4 Å². The maximum absolute atomic E-state index is 10.9. The molecular formula is C11H16ClN3O2. The first-order chi connectivity index (χ1) is 7.93. The second-order valence-corrected chi connectivity index (χ2v) is 4.59. The zero-order valence-electron chi connectivity index (χ0n) is 9.81. The minimum atomic E-state index is -0.494. The van der Waals surface area contributed by atoms with Crippen LogP contribution in [-0.2, 0) is 0 Å². The largest absolute Gasteiger partial charge is 0.378 e. The number of nitro benzene ring substituents is 1. The molecule has 0 saturated carbocycles. The van der Waals surface area contributed by atoms with Crippen molar-refractivity contribution in [2.24, 2.45) is 11.7 Å². The van der Waals surface area contributed by atoms with E-state index in [1.54, 1.807) is 12.1 Å². The van der Waals surface area contributed by atoms with Crippen molar-refractivity contribution in [3.8, 4) is 0 Å². The molecule has 1 aromatic carbocycles. The number of rotatable bonds is 5. The number of nitrogens with zero attached hydrogens (tertiary/aromatic N) is 1. The molecule has 0 amide bonds. The molecule has 0 aliphatic heterocycles. The van der Waals surface area contributed by atoms with Gasteiger partial charge in [-0.1, -0.05) is 31.5 Å². The molecule has 6 heteroatoms. The summed E-state index contributed by atoms with van der Waals surface area (Å²) in [5.41, 5.74) is 6.16. The molecule has 5 nitrogen and oxygen atoms in total. The second-order valence-electron chi connectivity index (χ2n) is 4.18. The Hall–Kier alpha value is -1.33. The Balaban J connectivity index is 2.84. The van der Waals surface area contributed by atoms with E-state index in [0.717, 1.165) is 0 Å². The van der Waals surface area contributed by atoms with Gasteiger partial charge in [-0.15, -0.1) is 0 Å². The highest BCUT2D eigenvalue weighted by atomic mass is 35.5. The van der Waals surface area contributed by atoms with Crippen molar-refractivity contribution in [3.63, 3.8) is 0 Å². The Bertz CT molecular complexity index is 410. The van der Waals surface area contributed by atoms with Crippen molar-refractivity contribution in [1.29, 1.82) is 0 Å². The summed E-state index contributed by atoms with van der Waals surface area (Å²) >= 11 is 5.79. The summed E-state index contributed by atoms with van der Waals surface area (Å²) in [6.07, 6.45) is 0. The van der Waals surface area contributed by atoms with Crippen molar-refractivity contribution < 1.29 is 4.92 Å². The fourth-order valence-corrected chi connectivity index (χ4v) is 1.55. The first kappa shape index (κ1) is 13.7. The highest BCUT2D eigenvalue weighted by Gasteiger charge is 2.18. The lowest BCUT2D eigenvalue weighted by Crippen LogP contribution is -2.34. The highest BCUT2D eigenvalue weighted by molar-refractivity contribution is 6.33. The minimum Gasteiger partial charge on any atom is -0.378 e. The molecule has 0 heterocycles. The molecule has 1 rings (SSSR count). The van der Waals surface area contributed by atoms with Crippen LogP contribution in [0.3, 0.4) is 0 Å². The molecule has 17 heavy (non-hydrogen) atoms. The fourth-order valence-electron chi connectivity index (χ4n) is 1.31. The average Bonchev–Trinajstić information content (AvgIpc) is 2.24. The lowest BCUT2D eigenvalue weighted by Gasteiger charge is -2.17. The SMILES string of the molecule is CC(C)C(N)CNc1cccc(Cl)c1[N+](=O)[O-]. The predicted molar refractivity (Wildman–Crippen MR) is 69.4 cm³/mol. The van der Waals surface area contributed by atoms with Gasteiger partial charge in [0.25, 0.3) is 0 Å². The van der Waals surface area contributed by atoms with Crippen LogP contribution in [0.25, 0.3) is 0 Å². The first-order valence-corrected chi connectivity index (χ1v) is 5.73. The van der Waals surface area contributed by atoms with Crippen molar-refractivity contribution in [1.82, 2.24) is 0 Å². The number of halogens is 1. The van der Waals surface area contributed by atoms with Gasteiger partial charge in [-0.3, -0.25) is 10.1 Å². The number of para-hydroxylation sites is 1. The lowest BCUT2D eigenvalue weighted by atomic mass is 10.1. The first-order valence-electron chi connectivity index (χ1n) is 5.35. The standard InChI is InChI=1S/C11H16ClN3O2/c1-7(2)9(13)6-14-10-5-3-4-8(12)11(10)15(16)17/h3-5,7,9,14H,6,13H2,1-2H3. The van der Waals surface area contributed by atoms with Gasteiger partial charge < -0.3 is 11.1 Å². The van der Waals surface area contributed by atoms with Crippen LogP contribution in [0.5, 0.6) is 0 Å². The van der Waals surface area contributed by atoms with E-state index in [2.05, 4.69) is 5.32 Å². The Morgan fingerprint density at radius 1 is 1.53 bits per heavy atom. The van der Waals surface area contributed by atoms with Crippen LogP contribution in [0, 0.1) is 16.0 Å². The minimum absolute atomic E-state index is 0.0615. The Labute approximate surface area is 105 Å².